The van der Waals surface area contributed by atoms with Crippen LogP contribution in [0.15, 0.2) is 0 Å². The number of rotatable bonds is 8. The molecule has 0 saturated heterocycles. The molecule has 1 heteroatoms. The Hall–Kier alpha value is -0.0400. The molecule has 0 radical (unpaired) electrons. The molecule has 1 saturated carbocycles. The van der Waals surface area contributed by atoms with Crippen molar-refractivity contribution in [3.05, 3.63) is 0 Å². The zero-order chi connectivity index (χ0) is 11.3. The molecule has 90 valence electrons. The van der Waals surface area contributed by atoms with Crippen LogP contribution in [-0.2, 0) is 0 Å². The van der Waals surface area contributed by atoms with Crippen molar-refractivity contribution in [1.29, 1.82) is 0 Å². The molecule has 0 aliphatic heterocycles. The smallest absolute Gasteiger partial charge is 0.00390 e. The topological polar surface area (TPSA) is 12.0 Å². The SMILES string of the molecule is CCCC1(CNC(C)CCC(C)C)CC1. The van der Waals surface area contributed by atoms with Gasteiger partial charge in [-0.15, -0.1) is 0 Å². The molecule has 1 rings (SSSR count). The number of nitrogens with one attached hydrogen (secondary N) is 1. The minimum Gasteiger partial charge on any atom is -0.314 e. The van der Waals surface area contributed by atoms with Gasteiger partial charge in [0.2, 0.25) is 0 Å². The second kappa shape index (κ2) is 5.89. The maximum atomic E-state index is 3.73. The lowest BCUT2D eigenvalue weighted by Gasteiger charge is -2.20. The Morgan fingerprint density at radius 1 is 1.13 bits per heavy atom. The number of hydrogen-bond acceptors (Lipinski definition) is 1. The van der Waals surface area contributed by atoms with E-state index in [-0.39, 0.29) is 0 Å². The van der Waals surface area contributed by atoms with Crippen LogP contribution in [-0.4, -0.2) is 12.6 Å². The van der Waals surface area contributed by atoms with Crippen molar-refractivity contribution >= 4 is 0 Å². The van der Waals surface area contributed by atoms with E-state index >= 15 is 0 Å². The maximum absolute atomic E-state index is 3.73. The van der Waals surface area contributed by atoms with E-state index in [1.54, 1.807) is 0 Å². The maximum Gasteiger partial charge on any atom is 0.00390 e. The summed E-state index contributed by atoms with van der Waals surface area (Å²) in [6.45, 7) is 10.5. The summed E-state index contributed by atoms with van der Waals surface area (Å²) in [5.74, 6) is 0.847. The van der Waals surface area contributed by atoms with E-state index in [4.69, 9.17) is 0 Å². The summed E-state index contributed by atoms with van der Waals surface area (Å²) in [6, 6.07) is 0.710. The lowest BCUT2D eigenvalue weighted by atomic mass is 9.99. The van der Waals surface area contributed by atoms with Gasteiger partial charge < -0.3 is 5.32 Å². The van der Waals surface area contributed by atoms with E-state index in [0.717, 1.165) is 5.92 Å². The van der Waals surface area contributed by atoms with Gasteiger partial charge >= 0.3 is 0 Å². The highest BCUT2D eigenvalue weighted by Gasteiger charge is 2.40. The van der Waals surface area contributed by atoms with Gasteiger partial charge in [-0.3, -0.25) is 0 Å². The van der Waals surface area contributed by atoms with Crippen molar-refractivity contribution in [2.24, 2.45) is 11.3 Å². The van der Waals surface area contributed by atoms with Gasteiger partial charge in [-0.2, -0.15) is 0 Å². The number of hydrogen-bond donors (Lipinski definition) is 1. The first kappa shape index (κ1) is 13.0. The van der Waals surface area contributed by atoms with Crippen LogP contribution in [0.4, 0.5) is 0 Å². The van der Waals surface area contributed by atoms with E-state index < -0.39 is 0 Å². The van der Waals surface area contributed by atoms with Crippen molar-refractivity contribution < 1.29 is 0 Å². The average molecular weight is 211 g/mol. The van der Waals surface area contributed by atoms with Crippen LogP contribution in [0.5, 0.6) is 0 Å². The zero-order valence-electron chi connectivity index (χ0n) is 11.1. The second-order valence-corrected chi connectivity index (χ2v) is 6.00. The molecule has 1 aliphatic carbocycles. The first-order valence-electron chi connectivity index (χ1n) is 6.81. The normalized spacial score (nSPS) is 20.6. The van der Waals surface area contributed by atoms with Crippen molar-refractivity contribution in [2.75, 3.05) is 6.54 Å². The Morgan fingerprint density at radius 3 is 2.27 bits per heavy atom. The highest BCUT2D eigenvalue weighted by molar-refractivity contribution is 4.94. The minimum absolute atomic E-state index is 0.709. The Balaban J connectivity index is 2.08. The van der Waals surface area contributed by atoms with Gasteiger partial charge in [0, 0.05) is 12.6 Å². The highest BCUT2D eigenvalue weighted by Crippen LogP contribution is 2.48. The van der Waals surface area contributed by atoms with Gasteiger partial charge in [0.05, 0.1) is 0 Å². The van der Waals surface area contributed by atoms with Gasteiger partial charge in [0.15, 0.2) is 0 Å². The molecular formula is C14H29N. The van der Waals surface area contributed by atoms with Crippen LogP contribution in [0.2, 0.25) is 0 Å². The molecule has 1 nitrogen and oxygen atoms in total. The van der Waals surface area contributed by atoms with Gasteiger partial charge in [-0.1, -0.05) is 27.2 Å². The Kier molecular flexibility index (Phi) is 5.11. The fourth-order valence-electron chi connectivity index (χ4n) is 2.30. The summed E-state index contributed by atoms with van der Waals surface area (Å²) < 4.78 is 0. The van der Waals surface area contributed by atoms with Crippen LogP contribution in [0.3, 0.4) is 0 Å². The van der Waals surface area contributed by atoms with Gasteiger partial charge in [-0.25, -0.2) is 0 Å². The summed E-state index contributed by atoms with van der Waals surface area (Å²) in [5, 5.41) is 3.73. The summed E-state index contributed by atoms with van der Waals surface area (Å²) in [5.41, 5.74) is 0.709. The highest BCUT2D eigenvalue weighted by atomic mass is 14.9. The molecule has 0 amide bonds. The summed E-state index contributed by atoms with van der Waals surface area (Å²) in [4.78, 5) is 0. The van der Waals surface area contributed by atoms with Crippen molar-refractivity contribution in [3.8, 4) is 0 Å². The predicted octanol–water partition coefficient (Wildman–Crippen LogP) is 3.98. The van der Waals surface area contributed by atoms with Crippen LogP contribution in [0.1, 0.15) is 66.2 Å². The molecule has 1 N–H and O–H groups in total. The van der Waals surface area contributed by atoms with Gasteiger partial charge in [0.25, 0.3) is 0 Å². The van der Waals surface area contributed by atoms with Crippen LogP contribution in [0.25, 0.3) is 0 Å². The molecule has 0 aromatic heterocycles. The quantitative estimate of drug-likeness (QED) is 0.640. The van der Waals surface area contributed by atoms with E-state index in [1.807, 2.05) is 0 Å². The summed E-state index contributed by atoms with van der Waals surface area (Å²) in [7, 11) is 0. The fraction of sp³-hybridized carbons (Fsp3) is 1.00. The Bertz CT molecular complexity index is 170. The zero-order valence-corrected chi connectivity index (χ0v) is 11.1. The monoisotopic (exact) mass is 211 g/mol. The van der Waals surface area contributed by atoms with E-state index in [2.05, 4.69) is 33.0 Å². The third-order valence-electron chi connectivity index (χ3n) is 3.74. The predicted molar refractivity (Wildman–Crippen MR) is 68.1 cm³/mol. The Morgan fingerprint density at radius 2 is 1.80 bits per heavy atom. The molecule has 1 unspecified atom stereocenters. The third-order valence-corrected chi connectivity index (χ3v) is 3.74. The fourth-order valence-corrected chi connectivity index (χ4v) is 2.30. The standard InChI is InChI=1S/C14H29N/c1-5-8-14(9-10-14)11-15-13(4)7-6-12(2)3/h12-13,15H,5-11H2,1-4H3. The Labute approximate surface area is 96.0 Å². The molecule has 0 heterocycles. The van der Waals surface area contributed by atoms with Crippen molar-refractivity contribution in [1.82, 2.24) is 5.32 Å². The summed E-state index contributed by atoms with van der Waals surface area (Å²) >= 11 is 0. The molecule has 0 aromatic carbocycles. The van der Waals surface area contributed by atoms with Gasteiger partial charge in [0.1, 0.15) is 0 Å². The molecule has 0 aromatic rings. The second-order valence-electron chi connectivity index (χ2n) is 6.00. The lowest BCUT2D eigenvalue weighted by molar-refractivity contribution is 0.372. The van der Waals surface area contributed by atoms with Crippen LogP contribution in [0, 0.1) is 11.3 Å². The van der Waals surface area contributed by atoms with Gasteiger partial charge in [-0.05, 0) is 50.4 Å². The van der Waals surface area contributed by atoms with Crippen LogP contribution < -0.4 is 5.32 Å². The van der Waals surface area contributed by atoms with Crippen molar-refractivity contribution in [3.63, 3.8) is 0 Å². The third kappa shape index (κ3) is 5.01. The lowest BCUT2D eigenvalue weighted by Crippen LogP contribution is -2.32. The largest absolute Gasteiger partial charge is 0.314 e. The van der Waals surface area contributed by atoms with Crippen LogP contribution >= 0.6 is 0 Å². The van der Waals surface area contributed by atoms with E-state index in [9.17, 15) is 0 Å². The first-order chi connectivity index (χ1) is 7.08. The van der Waals surface area contributed by atoms with E-state index in [1.165, 1.54) is 45.1 Å². The molecule has 0 spiro atoms. The molecule has 1 fully saturated rings. The van der Waals surface area contributed by atoms with E-state index in [0.29, 0.717) is 11.5 Å². The molecule has 1 aliphatic rings. The molecule has 15 heavy (non-hydrogen) atoms. The molecule has 0 bridgehead atoms. The minimum atomic E-state index is 0.709. The average Bonchev–Trinajstić information content (AvgIpc) is 2.93. The first-order valence-corrected chi connectivity index (χ1v) is 6.81. The van der Waals surface area contributed by atoms with Crippen molar-refractivity contribution in [2.45, 2.75) is 72.3 Å². The molecular weight excluding hydrogens is 182 g/mol. The summed E-state index contributed by atoms with van der Waals surface area (Å²) in [6.07, 6.45) is 8.39. The molecule has 1 atom stereocenters.